The van der Waals surface area contributed by atoms with Crippen LogP contribution >= 0.6 is 23.5 Å². The molecule has 1 fully saturated rings. The minimum absolute atomic E-state index is 0.212. The monoisotopic (exact) mass is 348 g/mol. The molecule has 2 aliphatic heterocycles. The topological polar surface area (TPSA) is 32.7 Å². The van der Waals surface area contributed by atoms with E-state index in [1.54, 1.807) is 11.8 Å². The summed E-state index contributed by atoms with van der Waals surface area (Å²) in [5.41, 5.74) is 2.02. The molecule has 0 radical (unpaired) electrons. The molecule has 1 aromatic carbocycles. The maximum Gasteiger partial charge on any atom is 0.254 e. The Hall–Kier alpha value is -0.940. The van der Waals surface area contributed by atoms with Gasteiger partial charge in [0.05, 0.1) is 6.54 Å². The molecule has 124 valence electrons. The summed E-state index contributed by atoms with van der Waals surface area (Å²) in [5.74, 6) is 2.14. The molecule has 2 aliphatic rings. The molecule has 0 aromatic heterocycles. The Morgan fingerprint density at radius 2 is 1.87 bits per heavy atom. The van der Waals surface area contributed by atoms with Gasteiger partial charge in [0.15, 0.2) is 0 Å². The average molecular weight is 349 g/mol. The molecule has 1 amide bonds. The Kier molecular flexibility index (Phi) is 6.46. The molecule has 1 aromatic rings. The number of benzene rings is 1. The highest BCUT2D eigenvalue weighted by Gasteiger charge is 2.19. The molecule has 5 heteroatoms. The average Bonchev–Trinajstić information content (AvgIpc) is 3.06. The number of rotatable bonds is 3. The van der Waals surface area contributed by atoms with Gasteiger partial charge in [0, 0.05) is 30.2 Å². The zero-order valence-corrected chi connectivity index (χ0v) is 15.1. The van der Waals surface area contributed by atoms with Gasteiger partial charge in [-0.1, -0.05) is 61.0 Å². The van der Waals surface area contributed by atoms with Crippen molar-refractivity contribution in [2.24, 2.45) is 4.99 Å². The van der Waals surface area contributed by atoms with Crippen LogP contribution in [-0.2, 0) is 5.75 Å². The molecule has 3 rings (SSSR count). The van der Waals surface area contributed by atoms with Gasteiger partial charge in [0.25, 0.3) is 5.91 Å². The van der Waals surface area contributed by atoms with E-state index in [9.17, 15) is 4.79 Å². The lowest BCUT2D eigenvalue weighted by atomic mass is 10.0. The molecule has 3 nitrogen and oxygen atoms in total. The quantitative estimate of drug-likeness (QED) is 0.810. The number of hydrogen-bond acceptors (Lipinski definition) is 4. The number of thioether (sulfide) groups is 2. The van der Waals surface area contributed by atoms with Crippen molar-refractivity contribution < 1.29 is 4.79 Å². The Bertz CT molecular complexity index is 566. The first-order valence-corrected chi connectivity index (χ1v) is 10.5. The number of aliphatic imine (C=N–C) groups is 1. The molecule has 0 saturated carbocycles. The van der Waals surface area contributed by atoms with E-state index < -0.39 is 0 Å². The lowest BCUT2D eigenvalue weighted by molar-refractivity contribution is 0.0741. The molecular weight excluding hydrogens is 324 g/mol. The van der Waals surface area contributed by atoms with Crippen molar-refractivity contribution in [2.45, 2.75) is 37.9 Å². The normalized spacial score (nSPS) is 19.1. The summed E-state index contributed by atoms with van der Waals surface area (Å²) in [4.78, 5) is 19.5. The summed E-state index contributed by atoms with van der Waals surface area (Å²) in [6.45, 7) is 2.74. The molecule has 0 N–H and O–H groups in total. The Morgan fingerprint density at radius 1 is 1.13 bits per heavy atom. The molecule has 0 spiro atoms. The van der Waals surface area contributed by atoms with Crippen molar-refractivity contribution in [1.29, 1.82) is 0 Å². The third-order valence-corrected chi connectivity index (χ3v) is 6.60. The summed E-state index contributed by atoms with van der Waals surface area (Å²) in [6, 6.07) is 8.09. The zero-order chi connectivity index (χ0) is 15.9. The van der Waals surface area contributed by atoms with Crippen LogP contribution in [0.15, 0.2) is 29.3 Å². The van der Waals surface area contributed by atoms with Gasteiger partial charge >= 0.3 is 0 Å². The van der Waals surface area contributed by atoms with Gasteiger partial charge in [-0.05, 0) is 24.5 Å². The number of carbonyl (C=O) groups excluding carboxylic acids is 1. The minimum atomic E-state index is 0.212. The van der Waals surface area contributed by atoms with Gasteiger partial charge in [-0.2, -0.15) is 0 Å². The first-order valence-electron chi connectivity index (χ1n) is 8.52. The van der Waals surface area contributed by atoms with E-state index in [2.05, 4.69) is 16.0 Å². The van der Waals surface area contributed by atoms with E-state index in [0.717, 1.165) is 55.1 Å². The molecule has 1 saturated heterocycles. The van der Waals surface area contributed by atoms with Crippen LogP contribution in [0.5, 0.6) is 0 Å². The maximum absolute atomic E-state index is 13.0. The van der Waals surface area contributed by atoms with Crippen LogP contribution in [0.4, 0.5) is 0 Å². The predicted molar refractivity (Wildman–Crippen MR) is 101 cm³/mol. The lowest BCUT2D eigenvalue weighted by Crippen LogP contribution is -2.34. The molecule has 0 aliphatic carbocycles. The van der Waals surface area contributed by atoms with Crippen molar-refractivity contribution in [3.05, 3.63) is 35.4 Å². The van der Waals surface area contributed by atoms with Crippen LogP contribution in [0.2, 0.25) is 0 Å². The summed E-state index contributed by atoms with van der Waals surface area (Å²) < 4.78 is 1.17. The van der Waals surface area contributed by atoms with Crippen molar-refractivity contribution in [3.8, 4) is 0 Å². The van der Waals surface area contributed by atoms with Gasteiger partial charge in [0.2, 0.25) is 0 Å². The minimum Gasteiger partial charge on any atom is -0.339 e. The first kappa shape index (κ1) is 16.9. The van der Waals surface area contributed by atoms with Crippen molar-refractivity contribution in [3.63, 3.8) is 0 Å². The van der Waals surface area contributed by atoms with Crippen LogP contribution in [0.25, 0.3) is 0 Å². The number of amides is 1. The Labute approximate surface area is 147 Å². The first-order chi connectivity index (χ1) is 11.3. The predicted octanol–water partition coefficient (Wildman–Crippen LogP) is 4.43. The fraction of sp³-hybridized carbons (Fsp3) is 0.556. The summed E-state index contributed by atoms with van der Waals surface area (Å²) in [7, 11) is 0. The highest BCUT2D eigenvalue weighted by molar-refractivity contribution is 8.38. The SMILES string of the molecule is O=C(c1ccccc1CSC1=NCCS1)N1CCCCCCC1. The second kappa shape index (κ2) is 8.78. The van der Waals surface area contributed by atoms with Crippen LogP contribution in [-0.4, -0.2) is 40.6 Å². The lowest BCUT2D eigenvalue weighted by Gasteiger charge is -2.25. The van der Waals surface area contributed by atoms with Crippen LogP contribution in [0.3, 0.4) is 0 Å². The number of nitrogens with zero attached hydrogens (tertiary/aromatic N) is 2. The molecular formula is C18H24N2OS2. The molecule has 0 atom stereocenters. The molecule has 23 heavy (non-hydrogen) atoms. The van der Waals surface area contributed by atoms with Crippen molar-refractivity contribution in [1.82, 2.24) is 4.90 Å². The van der Waals surface area contributed by atoms with E-state index >= 15 is 0 Å². The van der Waals surface area contributed by atoms with Crippen LogP contribution in [0, 0.1) is 0 Å². The van der Waals surface area contributed by atoms with Gasteiger partial charge in [-0.25, -0.2) is 0 Å². The van der Waals surface area contributed by atoms with Crippen molar-refractivity contribution in [2.75, 3.05) is 25.4 Å². The molecule has 0 unspecified atom stereocenters. The summed E-state index contributed by atoms with van der Waals surface area (Å²) >= 11 is 3.59. The Morgan fingerprint density at radius 3 is 2.61 bits per heavy atom. The standard InChI is InChI=1S/C18H24N2OS2/c21-17(20-11-6-2-1-3-7-12-20)16-9-5-4-8-15(16)14-23-18-19-10-13-22-18/h4-5,8-9H,1-3,6-7,10-14H2. The fourth-order valence-electron chi connectivity index (χ4n) is 3.02. The third kappa shape index (κ3) is 4.77. The zero-order valence-electron chi connectivity index (χ0n) is 13.5. The molecule has 2 heterocycles. The van der Waals surface area contributed by atoms with Gasteiger partial charge in [-0.15, -0.1) is 0 Å². The number of likely N-dealkylation sites (tertiary alicyclic amines) is 1. The smallest absolute Gasteiger partial charge is 0.254 e. The van der Waals surface area contributed by atoms with Crippen molar-refractivity contribution >= 4 is 33.8 Å². The van der Waals surface area contributed by atoms with E-state index in [4.69, 9.17) is 0 Å². The second-order valence-electron chi connectivity index (χ2n) is 6.00. The largest absolute Gasteiger partial charge is 0.339 e. The van der Waals surface area contributed by atoms with E-state index in [0.29, 0.717) is 0 Å². The second-order valence-corrected chi connectivity index (χ2v) is 8.31. The van der Waals surface area contributed by atoms with E-state index in [-0.39, 0.29) is 5.91 Å². The van der Waals surface area contributed by atoms with Gasteiger partial charge in [0.1, 0.15) is 4.38 Å². The van der Waals surface area contributed by atoms with Gasteiger partial charge in [-0.3, -0.25) is 9.79 Å². The summed E-state index contributed by atoms with van der Waals surface area (Å²) in [5, 5.41) is 0. The number of carbonyl (C=O) groups is 1. The number of hydrogen-bond donors (Lipinski definition) is 0. The van der Waals surface area contributed by atoms with Crippen LogP contribution in [0.1, 0.15) is 48.0 Å². The summed E-state index contributed by atoms with van der Waals surface area (Å²) in [6.07, 6.45) is 6.08. The van der Waals surface area contributed by atoms with E-state index in [1.165, 1.54) is 23.6 Å². The maximum atomic E-state index is 13.0. The van der Waals surface area contributed by atoms with Gasteiger partial charge < -0.3 is 4.90 Å². The third-order valence-electron chi connectivity index (χ3n) is 4.30. The van der Waals surface area contributed by atoms with E-state index in [1.807, 2.05) is 30.0 Å². The Balaban J connectivity index is 1.68. The highest BCUT2D eigenvalue weighted by atomic mass is 32.2. The highest BCUT2D eigenvalue weighted by Crippen LogP contribution is 2.27. The van der Waals surface area contributed by atoms with Crippen LogP contribution < -0.4 is 0 Å². The molecule has 0 bridgehead atoms. The fourth-order valence-corrected chi connectivity index (χ4v) is 5.03.